The molecule has 0 aromatic carbocycles. The molecule has 1 N–H and O–H groups in total. The van der Waals surface area contributed by atoms with Gasteiger partial charge in [0.15, 0.2) is 0 Å². The lowest BCUT2D eigenvalue weighted by Crippen LogP contribution is -2.35. The largest absolute Gasteiger partial charge is 0.372 e. The van der Waals surface area contributed by atoms with Crippen molar-refractivity contribution in [2.24, 2.45) is 5.92 Å². The minimum atomic E-state index is 0.655. The molecule has 3 rings (SSSR count). The molecular formula is C15H21N5S. The van der Waals surface area contributed by atoms with E-state index in [0.717, 1.165) is 31.0 Å². The zero-order valence-electron chi connectivity index (χ0n) is 12.3. The predicted molar refractivity (Wildman–Crippen MR) is 85.4 cm³/mol. The predicted octanol–water partition coefficient (Wildman–Crippen LogP) is 2.43. The lowest BCUT2D eigenvalue weighted by atomic mass is 9.93. The summed E-state index contributed by atoms with van der Waals surface area (Å²) < 4.78 is 0. The molecule has 5 nitrogen and oxygen atoms in total. The van der Waals surface area contributed by atoms with E-state index in [0.29, 0.717) is 5.92 Å². The highest BCUT2D eigenvalue weighted by atomic mass is 32.1. The molecule has 0 spiro atoms. The highest BCUT2D eigenvalue weighted by molar-refractivity contribution is 7.09. The number of rotatable bonds is 5. The van der Waals surface area contributed by atoms with Gasteiger partial charge in [-0.2, -0.15) is 0 Å². The summed E-state index contributed by atoms with van der Waals surface area (Å²) in [7, 11) is 1.91. The van der Waals surface area contributed by atoms with Crippen LogP contribution in [0.5, 0.6) is 0 Å². The average Bonchev–Trinajstić information content (AvgIpc) is 3.01. The Bertz CT molecular complexity index is 557. The fourth-order valence-electron chi connectivity index (χ4n) is 2.98. The highest BCUT2D eigenvalue weighted by Gasteiger charge is 2.22. The van der Waals surface area contributed by atoms with Gasteiger partial charge < -0.3 is 5.32 Å². The van der Waals surface area contributed by atoms with Gasteiger partial charge >= 0.3 is 0 Å². The lowest BCUT2D eigenvalue weighted by Gasteiger charge is -2.32. The van der Waals surface area contributed by atoms with Crippen molar-refractivity contribution >= 4 is 17.2 Å². The molecule has 2 aromatic heterocycles. The van der Waals surface area contributed by atoms with E-state index >= 15 is 0 Å². The van der Waals surface area contributed by atoms with Gasteiger partial charge in [0.2, 0.25) is 0 Å². The fraction of sp³-hybridized carbons (Fsp3) is 0.533. The van der Waals surface area contributed by atoms with Crippen molar-refractivity contribution in [3.63, 3.8) is 0 Å². The van der Waals surface area contributed by atoms with E-state index in [1.807, 2.05) is 13.2 Å². The number of hydrogen-bond acceptors (Lipinski definition) is 6. The van der Waals surface area contributed by atoms with Crippen LogP contribution in [0.3, 0.4) is 0 Å². The first-order valence-electron chi connectivity index (χ1n) is 7.43. The molecule has 0 bridgehead atoms. The van der Waals surface area contributed by atoms with Crippen LogP contribution >= 0.6 is 11.3 Å². The summed E-state index contributed by atoms with van der Waals surface area (Å²) >= 11 is 1.74. The number of thiazole rings is 1. The summed E-state index contributed by atoms with van der Waals surface area (Å²) in [5.74, 6) is 1.57. The first-order valence-corrected chi connectivity index (χ1v) is 8.31. The number of likely N-dealkylation sites (tertiary alicyclic amines) is 1. The molecule has 3 heterocycles. The van der Waals surface area contributed by atoms with Gasteiger partial charge in [-0.15, -0.1) is 11.3 Å². The smallest absolute Gasteiger partial charge is 0.147 e. The lowest BCUT2D eigenvalue weighted by molar-refractivity contribution is 0.166. The monoisotopic (exact) mass is 303 g/mol. The maximum atomic E-state index is 4.49. The fourth-order valence-corrected chi connectivity index (χ4v) is 3.64. The molecule has 1 saturated heterocycles. The second kappa shape index (κ2) is 6.95. The van der Waals surface area contributed by atoms with Gasteiger partial charge in [-0.1, -0.05) is 0 Å². The van der Waals surface area contributed by atoms with Crippen LogP contribution in [-0.2, 0) is 13.0 Å². The Morgan fingerprint density at radius 3 is 3.00 bits per heavy atom. The van der Waals surface area contributed by atoms with Crippen molar-refractivity contribution in [2.45, 2.75) is 25.8 Å². The van der Waals surface area contributed by atoms with Crippen molar-refractivity contribution in [2.75, 3.05) is 25.5 Å². The summed E-state index contributed by atoms with van der Waals surface area (Å²) in [6.07, 6.45) is 8.94. The third-order valence-corrected chi connectivity index (χ3v) is 4.70. The molecule has 6 heteroatoms. The van der Waals surface area contributed by atoms with Crippen LogP contribution < -0.4 is 5.32 Å². The third kappa shape index (κ3) is 3.77. The normalized spacial score (nSPS) is 19.6. The first-order chi connectivity index (χ1) is 10.3. The molecule has 0 radical (unpaired) electrons. The van der Waals surface area contributed by atoms with E-state index in [1.165, 1.54) is 24.4 Å². The molecule has 0 amide bonds. The van der Waals surface area contributed by atoms with E-state index in [1.54, 1.807) is 23.7 Å². The van der Waals surface area contributed by atoms with Gasteiger partial charge in [0.1, 0.15) is 10.8 Å². The third-order valence-electron chi connectivity index (χ3n) is 3.94. The number of aromatic nitrogens is 3. The molecule has 1 aliphatic rings. The van der Waals surface area contributed by atoms with Gasteiger partial charge in [-0.05, 0) is 31.7 Å². The molecule has 1 unspecified atom stereocenters. The van der Waals surface area contributed by atoms with Gasteiger partial charge in [0.25, 0.3) is 0 Å². The van der Waals surface area contributed by atoms with E-state index in [2.05, 4.69) is 30.5 Å². The Labute approximate surface area is 129 Å². The second-order valence-electron chi connectivity index (χ2n) is 5.47. The van der Waals surface area contributed by atoms with Gasteiger partial charge in [0.05, 0.1) is 12.2 Å². The maximum absolute atomic E-state index is 4.49. The summed E-state index contributed by atoms with van der Waals surface area (Å²) in [6.45, 7) is 3.28. The molecular weight excluding hydrogens is 282 g/mol. The number of nitrogens with one attached hydrogen (secondary N) is 1. The van der Waals surface area contributed by atoms with Crippen LogP contribution in [0.25, 0.3) is 0 Å². The number of hydrogen-bond donors (Lipinski definition) is 1. The van der Waals surface area contributed by atoms with Crippen molar-refractivity contribution < 1.29 is 0 Å². The van der Waals surface area contributed by atoms with Crippen molar-refractivity contribution in [1.29, 1.82) is 0 Å². The van der Waals surface area contributed by atoms with Crippen LogP contribution in [0.4, 0.5) is 5.82 Å². The second-order valence-corrected chi connectivity index (χ2v) is 6.45. The number of piperidine rings is 1. The number of nitrogens with zero attached hydrogens (tertiary/aromatic N) is 4. The van der Waals surface area contributed by atoms with Crippen molar-refractivity contribution in [3.05, 3.63) is 34.7 Å². The van der Waals surface area contributed by atoms with E-state index in [9.17, 15) is 0 Å². The van der Waals surface area contributed by atoms with Crippen LogP contribution in [-0.4, -0.2) is 40.0 Å². The molecule has 2 aromatic rings. The first kappa shape index (κ1) is 14.4. The summed E-state index contributed by atoms with van der Waals surface area (Å²) in [5.41, 5.74) is 1.08. The molecule has 1 atom stereocenters. The van der Waals surface area contributed by atoms with Crippen LogP contribution in [0.2, 0.25) is 0 Å². The van der Waals surface area contributed by atoms with Crippen molar-refractivity contribution in [1.82, 2.24) is 19.9 Å². The molecule has 0 aliphatic carbocycles. The van der Waals surface area contributed by atoms with Crippen LogP contribution in [0.1, 0.15) is 23.5 Å². The van der Waals surface area contributed by atoms with Gasteiger partial charge in [-0.25, -0.2) is 9.97 Å². The van der Waals surface area contributed by atoms with E-state index < -0.39 is 0 Å². The Morgan fingerprint density at radius 2 is 2.19 bits per heavy atom. The molecule has 0 saturated carbocycles. The zero-order valence-corrected chi connectivity index (χ0v) is 13.1. The topological polar surface area (TPSA) is 53.9 Å². The average molecular weight is 303 g/mol. The summed E-state index contributed by atoms with van der Waals surface area (Å²) in [4.78, 5) is 15.7. The van der Waals surface area contributed by atoms with Crippen LogP contribution in [0, 0.1) is 5.92 Å². The Balaban J connectivity index is 1.60. The van der Waals surface area contributed by atoms with Crippen molar-refractivity contribution in [3.8, 4) is 0 Å². The molecule has 1 fully saturated rings. The quantitative estimate of drug-likeness (QED) is 0.919. The van der Waals surface area contributed by atoms with E-state index in [4.69, 9.17) is 0 Å². The maximum Gasteiger partial charge on any atom is 0.147 e. The molecule has 112 valence electrons. The zero-order chi connectivity index (χ0) is 14.5. The Morgan fingerprint density at radius 1 is 1.29 bits per heavy atom. The number of anilines is 1. The standard InChI is InChI=1S/C15H21N5S/c1-16-15-13(17-4-5-19-15)9-12-3-2-7-20(10-12)11-14-18-6-8-21-14/h4-6,8,12H,2-3,7,9-11H2,1H3,(H,16,19). The Hall–Kier alpha value is -1.53. The van der Waals surface area contributed by atoms with Gasteiger partial charge in [0, 0.05) is 37.6 Å². The highest BCUT2D eigenvalue weighted by Crippen LogP contribution is 2.23. The summed E-state index contributed by atoms with van der Waals surface area (Å²) in [5, 5.41) is 6.40. The molecule has 21 heavy (non-hydrogen) atoms. The molecule has 1 aliphatic heterocycles. The van der Waals surface area contributed by atoms with Gasteiger partial charge in [-0.3, -0.25) is 9.88 Å². The van der Waals surface area contributed by atoms with Crippen LogP contribution in [0.15, 0.2) is 24.0 Å². The Kier molecular flexibility index (Phi) is 4.77. The minimum absolute atomic E-state index is 0.655. The SMILES string of the molecule is CNc1nccnc1CC1CCCN(Cc2nccs2)C1. The minimum Gasteiger partial charge on any atom is -0.372 e. The van der Waals surface area contributed by atoms with E-state index in [-0.39, 0.29) is 0 Å². The summed E-state index contributed by atoms with van der Waals surface area (Å²) in [6, 6.07) is 0.